The van der Waals surface area contributed by atoms with Gasteiger partial charge in [-0.25, -0.2) is 13.2 Å². The van der Waals surface area contributed by atoms with Crippen LogP contribution in [-0.4, -0.2) is 23.6 Å². The van der Waals surface area contributed by atoms with Crippen molar-refractivity contribution in [3.63, 3.8) is 0 Å². The molecule has 1 saturated heterocycles. The van der Waals surface area contributed by atoms with Crippen LogP contribution in [0.1, 0.15) is 45.7 Å². The Balaban J connectivity index is 1.64. The second kappa shape index (κ2) is 10.7. The van der Waals surface area contributed by atoms with Crippen LogP contribution >= 0.6 is 27.3 Å². The normalized spacial score (nSPS) is 20.7. The van der Waals surface area contributed by atoms with E-state index in [1.54, 1.807) is 24.3 Å². The molecule has 2 unspecified atom stereocenters. The van der Waals surface area contributed by atoms with Crippen molar-refractivity contribution in [2.75, 3.05) is 11.9 Å². The van der Waals surface area contributed by atoms with Gasteiger partial charge in [-0.15, -0.1) is 11.3 Å². The van der Waals surface area contributed by atoms with Crippen molar-refractivity contribution in [1.29, 1.82) is 0 Å². The SMILES string of the molecule is CC1OC(C)(c2ccc3c(Oc4ccc(OCCBr)cc4)c(-c4ccc(F)cc4C(C)(F)F)sc3c2)OC1(C)C. The van der Waals surface area contributed by atoms with Crippen molar-refractivity contribution in [1.82, 2.24) is 0 Å². The van der Waals surface area contributed by atoms with Gasteiger partial charge in [0.25, 0.3) is 5.92 Å². The molecule has 1 fully saturated rings. The molecule has 0 aliphatic carbocycles. The first-order valence-corrected chi connectivity index (χ1v) is 14.8. The van der Waals surface area contributed by atoms with Crippen LogP contribution in [-0.2, 0) is 21.2 Å². The minimum atomic E-state index is -3.27. The third-order valence-electron chi connectivity index (χ3n) is 7.10. The van der Waals surface area contributed by atoms with E-state index in [-0.39, 0.29) is 11.7 Å². The van der Waals surface area contributed by atoms with E-state index in [1.165, 1.54) is 23.5 Å². The lowest BCUT2D eigenvalue weighted by Gasteiger charge is -2.26. The van der Waals surface area contributed by atoms with Gasteiger partial charge < -0.3 is 18.9 Å². The zero-order chi connectivity index (χ0) is 28.9. The van der Waals surface area contributed by atoms with Gasteiger partial charge >= 0.3 is 0 Å². The number of fused-ring (bicyclic) bond motifs is 1. The molecule has 2 atom stereocenters. The van der Waals surface area contributed by atoms with Gasteiger partial charge in [0.15, 0.2) is 11.5 Å². The molecule has 0 saturated carbocycles. The number of hydrogen-bond donors (Lipinski definition) is 0. The molecule has 0 bridgehead atoms. The summed E-state index contributed by atoms with van der Waals surface area (Å²) in [5, 5.41) is 1.43. The van der Waals surface area contributed by atoms with Crippen LogP contribution in [0.2, 0.25) is 0 Å². The highest BCUT2D eigenvalue weighted by Crippen LogP contribution is 2.51. The summed E-state index contributed by atoms with van der Waals surface area (Å²) >= 11 is 4.63. The number of alkyl halides is 3. The number of benzene rings is 3. The predicted octanol–water partition coefficient (Wildman–Crippen LogP) is 9.77. The van der Waals surface area contributed by atoms with Gasteiger partial charge in [0.2, 0.25) is 0 Å². The molecule has 40 heavy (non-hydrogen) atoms. The van der Waals surface area contributed by atoms with Crippen LogP contribution < -0.4 is 9.47 Å². The zero-order valence-corrected chi connectivity index (χ0v) is 25.2. The molecule has 0 spiro atoms. The Morgan fingerprint density at radius 2 is 1.70 bits per heavy atom. The Morgan fingerprint density at radius 3 is 2.33 bits per heavy atom. The van der Waals surface area contributed by atoms with E-state index in [1.807, 2.05) is 45.9 Å². The Kier molecular flexibility index (Phi) is 7.72. The fourth-order valence-electron chi connectivity index (χ4n) is 4.81. The van der Waals surface area contributed by atoms with Crippen molar-refractivity contribution in [3.8, 4) is 27.7 Å². The van der Waals surface area contributed by atoms with Crippen LogP contribution in [0.25, 0.3) is 20.5 Å². The van der Waals surface area contributed by atoms with Crippen molar-refractivity contribution < 1.29 is 32.1 Å². The molecule has 9 heteroatoms. The van der Waals surface area contributed by atoms with Crippen molar-refractivity contribution in [2.45, 2.75) is 58.0 Å². The van der Waals surface area contributed by atoms with Crippen LogP contribution in [0.4, 0.5) is 13.2 Å². The summed E-state index contributed by atoms with van der Waals surface area (Å²) in [4.78, 5) is 0.468. The van der Waals surface area contributed by atoms with Crippen LogP contribution in [0.5, 0.6) is 17.2 Å². The number of halogens is 4. The molecule has 3 aromatic carbocycles. The van der Waals surface area contributed by atoms with E-state index in [0.29, 0.717) is 34.1 Å². The van der Waals surface area contributed by atoms with Crippen molar-refractivity contribution in [2.24, 2.45) is 0 Å². The summed E-state index contributed by atoms with van der Waals surface area (Å²) in [6.45, 7) is 9.09. The highest BCUT2D eigenvalue weighted by atomic mass is 79.9. The van der Waals surface area contributed by atoms with Gasteiger partial charge in [0, 0.05) is 39.0 Å². The molecule has 2 heterocycles. The molecule has 0 radical (unpaired) electrons. The van der Waals surface area contributed by atoms with Gasteiger partial charge in [-0.1, -0.05) is 28.1 Å². The second-order valence-electron chi connectivity index (χ2n) is 10.6. The average Bonchev–Trinajstić information content (AvgIpc) is 3.35. The minimum Gasteiger partial charge on any atom is -0.493 e. The van der Waals surface area contributed by atoms with Gasteiger partial charge in [-0.2, -0.15) is 0 Å². The van der Waals surface area contributed by atoms with Crippen LogP contribution in [0, 0.1) is 5.82 Å². The number of ether oxygens (including phenoxy) is 4. The number of hydrogen-bond acceptors (Lipinski definition) is 5. The maximum Gasteiger partial charge on any atom is 0.271 e. The fraction of sp³-hybridized carbons (Fsp3) is 0.355. The minimum absolute atomic E-state index is 0.138. The first-order valence-electron chi connectivity index (χ1n) is 12.9. The van der Waals surface area contributed by atoms with Crippen LogP contribution in [0.15, 0.2) is 60.7 Å². The third kappa shape index (κ3) is 5.62. The quantitative estimate of drug-likeness (QED) is 0.181. The molecule has 0 N–H and O–H groups in total. The maximum absolute atomic E-state index is 14.7. The van der Waals surface area contributed by atoms with E-state index < -0.39 is 28.7 Å². The molecule has 212 valence electrons. The lowest BCUT2D eigenvalue weighted by atomic mass is 9.99. The summed E-state index contributed by atoms with van der Waals surface area (Å²) in [5.74, 6) is -3.39. The summed E-state index contributed by atoms with van der Waals surface area (Å²) in [5.41, 5.74) is 0.106. The molecule has 5 rings (SSSR count). The fourth-order valence-corrected chi connectivity index (χ4v) is 6.18. The lowest BCUT2D eigenvalue weighted by Crippen LogP contribution is -2.31. The summed E-state index contributed by atoms with van der Waals surface area (Å²) in [6.07, 6.45) is -0.138. The predicted molar refractivity (Wildman–Crippen MR) is 156 cm³/mol. The summed E-state index contributed by atoms with van der Waals surface area (Å²) < 4.78 is 68.9. The number of thiophene rings is 1. The van der Waals surface area contributed by atoms with E-state index in [2.05, 4.69) is 15.9 Å². The molecule has 1 aliphatic heterocycles. The Hall–Kier alpha value is -2.59. The molecule has 1 aliphatic rings. The Bertz CT molecular complexity index is 1530. The average molecular weight is 636 g/mol. The highest BCUT2D eigenvalue weighted by molar-refractivity contribution is 9.09. The molecular weight excluding hydrogens is 605 g/mol. The number of rotatable bonds is 8. The summed E-state index contributed by atoms with van der Waals surface area (Å²) in [6, 6.07) is 16.3. The Labute approximate surface area is 244 Å². The topological polar surface area (TPSA) is 36.9 Å². The van der Waals surface area contributed by atoms with Crippen molar-refractivity contribution >= 4 is 37.4 Å². The lowest BCUT2D eigenvalue weighted by molar-refractivity contribution is -0.179. The van der Waals surface area contributed by atoms with Crippen LogP contribution in [0.3, 0.4) is 0 Å². The highest BCUT2D eigenvalue weighted by Gasteiger charge is 2.48. The molecule has 4 aromatic rings. The van der Waals surface area contributed by atoms with E-state index in [9.17, 15) is 13.2 Å². The first-order chi connectivity index (χ1) is 18.8. The standard InChI is InChI=1S/C31H30BrF3O4S/c1-18-29(2,3)39-31(5,38-18)19-6-12-24-26(16-19)40-28(23-13-7-20(33)17-25(23)30(4,34)35)27(24)37-22-10-8-21(9-11-22)36-15-14-32/h6-13,16-18H,14-15H2,1-5H3. The largest absolute Gasteiger partial charge is 0.493 e. The zero-order valence-electron chi connectivity index (χ0n) is 22.8. The first kappa shape index (κ1) is 28.9. The third-order valence-corrected chi connectivity index (χ3v) is 8.59. The Morgan fingerprint density at radius 1 is 1.00 bits per heavy atom. The smallest absolute Gasteiger partial charge is 0.271 e. The summed E-state index contributed by atoms with van der Waals surface area (Å²) in [7, 11) is 0. The molecule has 1 aromatic heterocycles. The van der Waals surface area contributed by atoms with E-state index in [4.69, 9.17) is 18.9 Å². The van der Waals surface area contributed by atoms with Gasteiger partial charge in [-0.3, -0.25) is 0 Å². The van der Waals surface area contributed by atoms with Crippen molar-refractivity contribution in [3.05, 3.63) is 77.6 Å². The molecule has 4 nitrogen and oxygen atoms in total. The maximum atomic E-state index is 14.7. The van der Waals surface area contributed by atoms with E-state index in [0.717, 1.165) is 28.6 Å². The van der Waals surface area contributed by atoms with Gasteiger partial charge in [0.1, 0.15) is 17.3 Å². The van der Waals surface area contributed by atoms with Gasteiger partial charge in [-0.05, 0) is 76.2 Å². The van der Waals surface area contributed by atoms with E-state index >= 15 is 0 Å². The monoisotopic (exact) mass is 634 g/mol. The molecular formula is C31H30BrF3O4S. The van der Waals surface area contributed by atoms with Gasteiger partial charge in [0.05, 0.1) is 23.2 Å². The molecule has 0 amide bonds. The second-order valence-corrected chi connectivity index (χ2v) is 12.4.